The average molecular weight is 387 g/mol. The Morgan fingerprint density at radius 2 is 1.86 bits per heavy atom. The second-order valence-corrected chi connectivity index (χ2v) is 7.96. The molecule has 2 N–H and O–H groups in total. The van der Waals surface area contributed by atoms with Crippen molar-refractivity contribution in [2.24, 2.45) is 5.92 Å². The molecule has 4 atom stereocenters. The number of aromatic nitrogens is 1. The van der Waals surface area contributed by atoms with Gasteiger partial charge in [0.25, 0.3) is 0 Å². The van der Waals surface area contributed by atoms with Crippen LogP contribution in [0.25, 0.3) is 10.9 Å². The summed E-state index contributed by atoms with van der Waals surface area (Å²) in [6.07, 6.45) is 1.51. The highest BCUT2D eigenvalue weighted by Crippen LogP contribution is 2.42. The molecule has 1 aromatic heterocycles. The normalized spacial score (nSPS) is 26.9. The molecule has 2 fully saturated rings. The van der Waals surface area contributed by atoms with Crippen LogP contribution in [0.5, 0.6) is 5.88 Å². The predicted octanol–water partition coefficient (Wildman–Crippen LogP) is 3.57. The number of nitrogens with zero attached hydrogens (tertiary/aromatic N) is 1. The van der Waals surface area contributed by atoms with Gasteiger partial charge in [-0.2, -0.15) is 0 Å². The van der Waals surface area contributed by atoms with Gasteiger partial charge in [0.05, 0.1) is 18.8 Å². The lowest BCUT2D eigenvalue weighted by atomic mass is 9.73. The number of fused-ring (bicyclic) bond motifs is 2. The first-order valence-corrected chi connectivity index (χ1v) is 10.2. The lowest BCUT2D eigenvalue weighted by Gasteiger charge is -2.45. The molecule has 0 amide bonds. The van der Waals surface area contributed by atoms with Gasteiger partial charge in [-0.25, -0.2) is 4.98 Å². The number of hydrogen-bond donors (Lipinski definition) is 2. The number of carbonyl (C=O) groups is 1. The Bertz CT molecular complexity index is 1040. The SMILES string of the molecule is COc1ccc2cc(C3CC4C(=O)CCNC4NC3c3ccccc3)ccc2n1. The largest absolute Gasteiger partial charge is 0.481 e. The maximum absolute atomic E-state index is 12.6. The minimum absolute atomic E-state index is 0.0124. The van der Waals surface area contributed by atoms with E-state index in [2.05, 4.69) is 64.1 Å². The molecule has 2 saturated heterocycles. The zero-order chi connectivity index (χ0) is 19.8. The fraction of sp³-hybridized carbons (Fsp3) is 0.333. The fourth-order valence-electron chi connectivity index (χ4n) is 4.81. The molecular formula is C24H25N3O2. The number of benzene rings is 2. The molecule has 5 nitrogen and oxygen atoms in total. The van der Waals surface area contributed by atoms with Gasteiger partial charge >= 0.3 is 0 Å². The average Bonchev–Trinajstić information content (AvgIpc) is 2.78. The van der Waals surface area contributed by atoms with Gasteiger partial charge in [0.2, 0.25) is 5.88 Å². The van der Waals surface area contributed by atoms with Crippen LogP contribution in [0.15, 0.2) is 60.7 Å². The van der Waals surface area contributed by atoms with Crippen LogP contribution in [-0.4, -0.2) is 30.6 Å². The molecule has 3 heterocycles. The van der Waals surface area contributed by atoms with Crippen LogP contribution in [0.1, 0.15) is 35.9 Å². The molecule has 2 aromatic carbocycles. The molecule has 0 spiro atoms. The van der Waals surface area contributed by atoms with Crippen molar-refractivity contribution in [1.29, 1.82) is 0 Å². The summed E-state index contributed by atoms with van der Waals surface area (Å²) in [5.41, 5.74) is 3.41. The van der Waals surface area contributed by atoms with E-state index in [4.69, 9.17) is 4.74 Å². The fourth-order valence-corrected chi connectivity index (χ4v) is 4.81. The van der Waals surface area contributed by atoms with Gasteiger partial charge in [0.1, 0.15) is 5.78 Å². The summed E-state index contributed by atoms with van der Waals surface area (Å²) in [6, 6.07) is 21.1. The summed E-state index contributed by atoms with van der Waals surface area (Å²) in [7, 11) is 1.63. The highest BCUT2D eigenvalue weighted by molar-refractivity contribution is 5.83. The molecule has 5 heteroatoms. The van der Waals surface area contributed by atoms with E-state index in [-0.39, 0.29) is 24.0 Å². The lowest BCUT2D eigenvalue weighted by Crippen LogP contribution is -2.59. The number of pyridine rings is 1. The number of rotatable bonds is 3. The molecular weight excluding hydrogens is 362 g/mol. The third-order valence-electron chi connectivity index (χ3n) is 6.30. The Labute approximate surface area is 170 Å². The Morgan fingerprint density at radius 3 is 2.69 bits per heavy atom. The van der Waals surface area contributed by atoms with Crippen molar-refractivity contribution >= 4 is 16.7 Å². The van der Waals surface area contributed by atoms with Crippen LogP contribution in [-0.2, 0) is 4.79 Å². The Hall–Kier alpha value is -2.76. The van der Waals surface area contributed by atoms with Crippen molar-refractivity contribution < 1.29 is 9.53 Å². The first-order valence-electron chi connectivity index (χ1n) is 10.2. The molecule has 0 saturated carbocycles. The van der Waals surface area contributed by atoms with E-state index in [0.29, 0.717) is 18.1 Å². The second-order valence-electron chi connectivity index (χ2n) is 7.96. The van der Waals surface area contributed by atoms with E-state index >= 15 is 0 Å². The minimum Gasteiger partial charge on any atom is -0.481 e. The van der Waals surface area contributed by atoms with Crippen LogP contribution in [0.2, 0.25) is 0 Å². The molecule has 148 valence electrons. The van der Waals surface area contributed by atoms with Gasteiger partial charge in [-0.15, -0.1) is 0 Å². The molecule has 4 unspecified atom stereocenters. The molecule has 3 aromatic rings. The number of carbonyl (C=O) groups excluding carboxylic acids is 1. The van der Waals surface area contributed by atoms with Crippen molar-refractivity contribution in [1.82, 2.24) is 15.6 Å². The van der Waals surface area contributed by atoms with Gasteiger partial charge in [-0.1, -0.05) is 36.4 Å². The van der Waals surface area contributed by atoms with Crippen LogP contribution < -0.4 is 15.4 Å². The van der Waals surface area contributed by atoms with Crippen LogP contribution in [0, 0.1) is 5.92 Å². The highest BCUT2D eigenvalue weighted by Gasteiger charge is 2.42. The summed E-state index contributed by atoms with van der Waals surface area (Å²) in [5, 5.41) is 8.35. The van der Waals surface area contributed by atoms with E-state index in [1.54, 1.807) is 7.11 Å². The van der Waals surface area contributed by atoms with E-state index in [1.165, 1.54) is 11.1 Å². The van der Waals surface area contributed by atoms with Crippen molar-refractivity contribution in [2.75, 3.05) is 13.7 Å². The standard InChI is InChI=1S/C24H25N3O2/c1-29-22-10-8-17-13-16(7-9-20(17)26-22)18-14-19-21(28)11-12-25-24(19)27-23(18)15-5-3-2-4-6-15/h2-10,13,18-19,23-25,27H,11-12,14H2,1H3. The van der Waals surface area contributed by atoms with Gasteiger partial charge in [-0.3, -0.25) is 10.1 Å². The molecule has 0 aliphatic carbocycles. The molecule has 0 bridgehead atoms. The third kappa shape index (κ3) is 3.41. The minimum atomic E-state index is 0.0124. The van der Waals surface area contributed by atoms with E-state index in [9.17, 15) is 4.79 Å². The first kappa shape index (κ1) is 18.3. The van der Waals surface area contributed by atoms with Crippen LogP contribution in [0.3, 0.4) is 0 Å². The zero-order valence-electron chi connectivity index (χ0n) is 16.5. The molecule has 29 heavy (non-hydrogen) atoms. The van der Waals surface area contributed by atoms with Crippen molar-refractivity contribution in [3.8, 4) is 5.88 Å². The molecule has 2 aliphatic rings. The molecule has 2 aliphatic heterocycles. The monoisotopic (exact) mass is 387 g/mol. The van der Waals surface area contributed by atoms with Gasteiger partial charge in [0.15, 0.2) is 0 Å². The van der Waals surface area contributed by atoms with E-state index in [1.807, 2.05) is 12.1 Å². The van der Waals surface area contributed by atoms with E-state index in [0.717, 1.165) is 23.9 Å². The maximum Gasteiger partial charge on any atom is 0.213 e. The molecule has 5 rings (SSSR count). The summed E-state index contributed by atoms with van der Waals surface area (Å²) in [6.45, 7) is 0.753. The predicted molar refractivity (Wildman–Crippen MR) is 113 cm³/mol. The van der Waals surface area contributed by atoms with Crippen molar-refractivity contribution in [3.63, 3.8) is 0 Å². The number of ketones is 1. The Kier molecular flexibility index (Phi) is 4.78. The van der Waals surface area contributed by atoms with Crippen LogP contribution >= 0.6 is 0 Å². The zero-order valence-corrected chi connectivity index (χ0v) is 16.5. The highest BCUT2D eigenvalue weighted by atomic mass is 16.5. The summed E-state index contributed by atoms with van der Waals surface area (Å²) >= 11 is 0. The molecule has 0 radical (unpaired) electrons. The van der Waals surface area contributed by atoms with Crippen molar-refractivity contribution in [3.05, 3.63) is 71.8 Å². The first-order chi connectivity index (χ1) is 14.2. The van der Waals surface area contributed by atoms with Gasteiger partial charge < -0.3 is 10.1 Å². The second kappa shape index (κ2) is 7.58. The number of ether oxygens (including phenoxy) is 1. The topological polar surface area (TPSA) is 63.2 Å². The van der Waals surface area contributed by atoms with Crippen LogP contribution in [0.4, 0.5) is 0 Å². The number of piperidine rings is 2. The lowest BCUT2D eigenvalue weighted by molar-refractivity contribution is -0.127. The number of Topliss-reactive ketones (excluding diaryl/α,β-unsaturated/α-hetero) is 1. The smallest absolute Gasteiger partial charge is 0.213 e. The Balaban J connectivity index is 1.55. The maximum atomic E-state index is 12.6. The summed E-state index contributed by atoms with van der Waals surface area (Å²) < 4.78 is 5.25. The number of methoxy groups -OCH3 is 1. The van der Waals surface area contributed by atoms with Gasteiger partial charge in [-0.05, 0) is 35.7 Å². The summed E-state index contributed by atoms with van der Waals surface area (Å²) in [5.74, 6) is 1.21. The summed E-state index contributed by atoms with van der Waals surface area (Å²) in [4.78, 5) is 17.2. The quantitative estimate of drug-likeness (QED) is 0.719. The number of nitrogens with one attached hydrogen (secondary N) is 2. The third-order valence-corrected chi connectivity index (χ3v) is 6.30. The van der Waals surface area contributed by atoms with Crippen molar-refractivity contribution in [2.45, 2.75) is 31.0 Å². The number of hydrogen-bond acceptors (Lipinski definition) is 5. The van der Waals surface area contributed by atoms with E-state index < -0.39 is 0 Å². The van der Waals surface area contributed by atoms with Gasteiger partial charge in [0, 0.05) is 42.3 Å². The Morgan fingerprint density at radius 1 is 1.00 bits per heavy atom.